The number of hydrogen-bond donors (Lipinski definition) is 3. The lowest BCUT2D eigenvalue weighted by atomic mass is 14.0. The predicted octanol–water partition coefficient (Wildman–Crippen LogP) is -4.17. The van der Waals surface area contributed by atoms with E-state index in [1.165, 1.54) is 0 Å². The van der Waals surface area contributed by atoms with Crippen molar-refractivity contribution in [2.75, 3.05) is 0 Å². The van der Waals surface area contributed by atoms with Crippen LogP contribution in [0.15, 0.2) is 0 Å². The van der Waals surface area contributed by atoms with E-state index in [4.69, 9.17) is 19.2 Å². The Morgan fingerprint density at radius 3 is 0.727 bits per heavy atom. The molecule has 0 aromatic heterocycles. The summed E-state index contributed by atoms with van der Waals surface area (Å²) in [5, 5.41) is 0. The van der Waals surface area contributed by atoms with Gasteiger partial charge in [0, 0.05) is 0 Å². The SMILES string of the molecule is O.O.O.O=P([O-])([O-])[O-].[NH4+].[NH4+].[NH4+]. The molecule has 0 aliphatic heterocycles. The zero-order valence-corrected chi connectivity index (χ0v) is 7.47. The van der Waals surface area contributed by atoms with Crippen molar-refractivity contribution in [3.05, 3.63) is 0 Å². The van der Waals surface area contributed by atoms with Gasteiger partial charge in [-0.05, 0) is 0 Å². The maximum atomic E-state index is 8.55. The molecule has 11 heavy (non-hydrogen) atoms. The Bertz CT molecular complexity index is 59.8. The molecule has 0 amide bonds. The molecule has 0 bridgehead atoms. The van der Waals surface area contributed by atoms with Gasteiger partial charge in [-0.25, -0.2) is 0 Å². The van der Waals surface area contributed by atoms with Crippen LogP contribution in [0.25, 0.3) is 0 Å². The highest BCUT2D eigenvalue weighted by atomic mass is 31.2. The summed E-state index contributed by atoms with van der Waals surface area (Å²) >= 11 is 0. The molecule has 0 saturated carbocycles. The van der Waals surface area contributed by atoms with E-state index in [9.17, 15) is 0 Å². The smallest absolute Gasteiger partial charge is 0.159 e. The number of phosphoric acid groups is 1. The first-order valence-electron chi connectivity index (χ1n) is 0.730. The molecule has 0 spiro atoms. The molecule has 0 aliphatic carbocycles. The van der Waals surface area contributed by atoms with E-state index in [1.54, 1.807) is 0 Å². The maximum absolute atomic E-state index is 8.55. The molecule has 0 rings (SSSR count). The molecule has 0 aromatic carbocycles. The van der Waals surface area contributed by atoms with Gasteiger partial charge in [-0.3, -0.25) is 0 Å². The Labute approximate surface area is 63.2 Å². The fourth-order valence-electron chi connectivity index (χ4n) is 0. The molecule has 0 heterocycles. The van der Waals surface area contributed by atoms with Crippen molar-refractivity contribution < 1.29 is 35.7 Å². The Hall–Kier alpha value is -0.130. The van der Waals surface area contributed by atoms with Crippen LogP contribution in [0.4, 0.5) is 0 Å². The van der Waals surface area contributed by atoms with E-state index < -0.39 is 7.82 Å². The Morgan fingerprint density at radius 2 is 0.727 bits per heavy atom. The molecular weight excluding hydrogens is 185 g/mol. The third-order valence-electron chi connectivity index (χ3n) is 0. The van der Waals surface area contributed by atoms with Crippen molar-refractivity contribution in [2.24, 2.45) is 0 Å². The second-order valence-corrected chi connectivity index (χ2v) is 1.34. The van der Waals surface area contributed by atoms with Crippen molar-refractivity contribution in [2.45, 2.75) is 0 Å². The molecule has 11 heteroatoms. The summed E-state index contributed by atoms with van der Waals surface area (Å²) in [4.78, 5) is 25.6. The van der Waals surface area contributed by atoms with Gasteiger partial charge in [0.15, 0.2) is 0 Å². The topological polar surface area (TPSA) is 290 Å². The summed E-state index contributed by atoms with van der Waals surface area (Å²) in [6.45, 7) is 0. The van der Waals surface area contributed by atoms with E-state index in [1.807, 2.05) is 0 Å². The fourth-order valence-corrected chi connectivity index (χ4v) is 0. The zero-order chi connectivity index (χ0) is 4.50. The molecule has 10 nitrogen and oxygen atoms in total. The van der Waals surface area contributed by atoms with Gasteiger partial charge in [0.25, 0.3) is 0 Å². The first-order valence-corrected chi connectivity index (χ1v) is 2.19. The monoisotopic (exact) mass is 203 g/mol. The second-order valence-electron chi connectivity index (χ2n) is 0.447. The minimum absolute atomic E-state index is 0. The van der Waals surface area contributed by atoms with Gasteiger partial charge in [0.05, 0.1) is 0 Å². The van der Waals surface area contributed by atoms with Crippen LogP contribution in [0.1, 0.15) is 0 Å². The average molecular weight is 203 g/mol. The highest BCUT2D eigenvalue weighted by Crippen LogP contribution is 2.03. The number of hydrogen-bond acceptors (Lipinski definition) is 4. The average Bonchev–Trinajstić information content (AvgIpc) is 0.722. The number of rotatable bonds is 0. The van der Waals surface area contributed by atoms with E-state index in [0.717, 1.165) is 0 Å². The fraction of sp³-hybridized carbons (Fsp3) is 0. The maximum Gasteiger partial charge on any atom is -0.159 e. The predicted molar refractivity (Wildman–Crippen MR) is 36.4 cm³/mol. The normalized spacial score (nSPS) is 5.36. The molecule has 0 atom stereocenters. The summed E-state index contributed by atoms with van der Waals surface area (Å²) in [5.41, 5.74) is 0. The van der Waals surface area contributed by atoms with Gasteiger partial charge in [-0.15, -0.1) is 0 Å². The summed E-state index contributed by atoms with van der Waals surface area (Å²) in [6.07, 6.45) is 0. The van der Waals surface area contributed by atoms with Crippen molar-refractivity contribution in [3.63, 3.8) is 0 Å². The lowest BCUT2D eigenvalue weighted by Gasteiger charge is -2.36. The molecular formula is H18N3O7P. The first kappa shape index (κ1) is 70.7. The van der Waals surface area contributed by atoms with Crippen molar-refractivity contribution in [1.82, 2.24) is 18.5 Å². The highest BCUT2D eigenvalue weighted by molar-refractivity contribution is 7.40. The molecule has 80 valence electrons. The van der Waals surface area contributed by atoms with Crippen LogP contribution in [0.2, 0.25) is 0 Å². The highest BCUT2D eigenvalue weighted by Gasteiger charge is 1.44. The molecule has 0 radical (unpaired) electrons. The van der Waals surface area contributed by atoms with Gasteiger partial charge in [-0.2, -0.15) is 7.82 Å². The third-order valence-corrected chi connectivity index (χ3v) is 0. The molecule has 0 fully saturated rings. The van der Waals surface area contributed by atoms with Crippen LogP contribution < -0.4 is 33.1 Å². The summed E-state index contributed by atoms with van der Waals surface area (Å²) < 4.78 is 8.55. The largest absolute Gasteiger partial charge is 0.822 e. The Kier molecular flexibility index (Phi) is 145. The van der Waals surface area contributed by atoms with Crippen LogP contribution in [0.5, 0.6) is 0 Å². The Morgan fingerprint density at radius 1 is 0.727 bits per heavy atom. The van der Waals surface area contributed by atoms with Gasteiger partial charge in [-0.1, -0.05) is 0 Å². The molecule has 0 aliphatic rings. The van der Waals surface area contributed by atoms with Crippen LogP contribution >= 0.6 is 7.82 Å². The van der Waals surface area contributed by atoms with Crippen LogP contribution in [0.3, 0.4) is 0 Å². The zero-order valence-electron chi connectivity index (χ0n) is 6.58. The lowest BCUT2D eigenvalue weighted by molar-refractivity contribution is -0.432. The van der Waals surface area contributed by atoms with Crippen molar-refractivity contribution in [3.8, 4) is 0 Å². The van der Waals surface area contributed by atoms with Crippen LogP contribution in [-0.2, 0) is 4.57 Å². The van der Waals surface area contributed by atoms with Gasteiger partial charge < -0.3 is 54.1 Å². The molecule has 0 aromatic rings. The molecule has 18 N–H and O–H groups in total. The molecule has 0 saturated heterocycles. The van der Waals surface area contributed by atoms with E-state index in [0.29, 0.717) is 0 Å². The van der Waals surface area contributed by atoms with E-state index >= 15 is 0 Å². The van der Waals surface area contributed by atoms with Crippen LogP contribution in [0, 0.1) is 0 Å². The molecule has 0 unspecified atom stereocenters. The van der Waals surface area contributed by atoms with Crippen LogP contribution in [-0.4, -0.2) is 16.4 Å². The minimum Gasteiger partial charge on any atom is -0.822 e. The van der Waals surface area contributed by atoms with Crippen molar-refractivity contribution >= 4 is 7.82 Å². The first-order chi connectivity index (χ1) is 2.00. The van der Waals surface area contributed by atoms with Gasteiger partial charge in [0.2, 0.25) is 0 Å². The van der Waals surface area contributed by atoms with Crippen molar-refractivity contribution in [1.29, 1.82) is 0 Å². The summed E-state index contributed by atoms with van der Waals surface area (Å²) in [7, 11) is -5.39. The van der Waals surface area contributed by atoms with Gasteiger partial charge >= 0.3 is 0 Å². The lowest BCUT2D eigenvalue weighted by Crippen LogP contribution is -2.24. The summed E-state index contributed by atoms with van der Waals surface area (Å²) in [5.74, 6) is 0. The summed E-state index contributed by atoms with van der Waals surface area (Å²) in [6, 6.07) is 0. The standard InChI is InChI=1S/3H3N.H3O4P.3H2O/c;;;1-5(2,3)4;;;/h3*1H3;(H3,1,2,3,4);3*1H2. The number of quaternary nitrogens is 3. The van der Waals surface area contributed by atoms with Gasteiger partial charge in [0.1, 0.15) is 0 Å². The van der Waals surface area contributed by atoms with E-state index in [-0.39, 0.29) is 34.9 Å². The minimum atomic E-state index is -5.39. The second kappa shape index (κ2) is 22.5. The quantitative estimate of drug-likeness (QED) is 0.329. The third kappa shape index (κ3) is 36200. The Balaban J connectivity index is -0.00000000533. The van der Waals surface area contributed by atoms with E-state index in [2.05, 4.69) is 0 Å².